The molecule has 0 unspecified atom stereocenters. The van der Waals surface area contributed by atoms with Crippen molar-refractivity contribution in [1.29, 1.82) is 0 Å². The first-order chi connectivity index (χ1) is 9.25. The van der Waals surface area contributed by atoms with Gasteiger partial charge in [0.25, 0.3) is 0 Å². The van der Waals surface area contributed by atoms with Crippen molar-refractivity contribution >= 4 is 33.9 Å². The third kappa shape index (κ3) is 2.18. The van der Waals surface area contributed by atoms with Gasteiger partial charge in [0, 0.05) is 5.39 Å². The first-order valence-corrected chi connectivity index (χ1v) is 6.09. The average molecular weight is 272 g/mol. The zero-order chi connectivity index (χ0) is 13.2. The van der Waals surface area contributed by atoms with Gasteiger partial charge in [-0.2, -0.15) is 0 Å². The van der Waals surface area contributed by atoms with E-state index in [9.17, 15) is 5.11 Å². The maximum Gasteiger partial charge on any atom is 0.218 e. The largest absolute Gasteiger partial charge is 0.493 e. The van der Waals surface area contributed by atoms with Gasteiger partial charge in [0.05, 0.1) is 10.5 Å². The second-order valence-electron chi connectivity index (χ2n) is 4.02. The first-order valence-electron chi connectivity index (χ1n) is 5.71. The standard InChI is InChI=1S/C14H10ClN3O/c15-10-6-2-4-8-12(10)17-18-13-9-5-1-3-7-11(9)16-14(13)19/h1-8,16,19H. The lowest BCUT2D eigenvalue weighted by atomic mass is 10.2. The Kier molecular flexibility index (Phi) is 2.93. The molecule has 4 nitrogen and oxygen atoms in total. The molecule has 0 saturated heterocycles. The molecule has 0 amide bonds. The zero-order valence-electron chi connectivity index (χ0n) is 9.84. The number of rotatable bonds is 2. The van der Waals surface area contributed by atoms with Crippen molar-refractivity contribution in [3.8, 4) is 5.88 Å². The molecule has 19 heavy (non-hydrogen) atoms. The van der Waals surface area contributed by atoms with Crippen LogP contribution in [0.4, 0.5) is 11.4 Å². The van der Waals surface area contributed by atoms with E-state index in [0.717, 1.165) is 10.9 Å². The van der Waals surface area contributed by atoms with Gasteiger partial charge in [-0.3, -0.25) is 0 Å². The van der Waals surface area contributed by atoms with E-state index in [1.54, 1.807) is 12.1 Å². The Morgan fingerprint density at radius 2 is 1.68 bits per heavy atom. The molecular weight excluding hydrogens is 262 g/mol. The van der Waals surface area contributed by atoms with Crippen molar-refractivity contribution in [2.24, 2.45) is 10.2 Å². The minimum atomic E-state index is -0.00277. The highest BCUT2D eigenvalue weighted by atomic mass is 35.5. The number of nitrogens with one attached hydrogen (secondary N) is 1. The quantitative estimate of drug-likeness (QED) is 0.637. The Labute approximate surface area is 114 Å². The van der Waals surface area contributed by atoms with E-state index < -0.39 is 0 Å². The number of aromatic nitrogens is 1. The molecule has 0 saturated carbocycles. The number of benzene rings is 2. The van der Waals surface area contributed by atoms with E-state index in [-0.39, 0.29) is 5.88 Å². The molecule has 2 N–H and O–H groups in total. The van der Waals surface area contributed by atoms with Crippen LogP contribution in [-0.4, -0.2) is 10.1 Å². The number of aromatic amines is 1. The summed E-state index contributed by atoms with van der Waals surface area (Å²) >= 11 is 6.00. The fraction of sp³-hybridized carbons (Fsp3) is 0. The lowest BCUT2D eigenvalue weighted by molar-refractivity contribution is 0.459. The van der Waals surface area contributed by atoms with Crippen LogP contribution in [0.3, 0.4) is 0 Å². The fourth-order valence-electron chi connectivity index (χ4n) is 1.85. The van der Waals surface area contributed by atoms with E-state index in [2.05, 4.69) is 15.2 Å². The van der Waals surface area contributed by atoms with Crippen LogP contribution in [0.1, 0.15) is 0 Å². The molecule has 0 aliphatic rings. The lowest BCUT2D eigenvalue weighted by Crippen LogP contribution is -1.66. The predicted octanol–water partition coefficient (Wildman–Crippen LogP) is 4.94. The van der Waals surface area contributed by atoms with Crippen LogP contribution >= 0.6 is 11.6 Å². The highest BCUT2D eigenvalue weighted by molar-refractivity contribution is 6.32. The van der Waals surface area contributed by atoms with E-state index in [1.165, 1.54) is 0 Å². The summed E-state index contributed by atoms with van der Waals surface area (Å²) in [6, 6.07) is 14.6. The number of para-hydroxylation sites is 1. The van der Waals surface area contributed by atoms with Crippen LogP contribution in [0.25, 0.3) is 10.9 Å². The first kappa shape index (κ1) is 11.7. The molecule has 0 aliphatic carbocycles. The van der Waals surface area contributed by atoms with Gasteiger partial charge in [-0.25, -0.2) is 0 Å². The van der Waals surface area contributed by atoms with Crippen LogP contribution in [-0.2, 0) is 0 Å². The van der Waals surface area contributed by atoms with Crippen molar-refractivity contribution in [2.45, 2.75) is 0 Å². The Hall–Kier alpha value is -2.33. The van der Waals surface area contributed by atoms with E-state index in [4.69, 9.17) is 11.6 Å². The summed E-state index contributed by atoms with van der Waals surface area (Å²) in [5.41, 5.74) is 1.79. The summed E-state index contributed by atoms with van der Waals surface area (Å²) in [5, 5.41) is 19.3. The summed E-state index contributed by atoms with van der Waals surface area (Å²) in [6.07, 6.45) is 0. The third-order valence-corrected chi connectivity index (χ3v) is 3.09. The normalized spacial score (nSPS) is 11.4. The summed E-state index contributed by atoms with van der Waals surface area (Å²) in [5.74, 6) is -0.00277. The molecule has 0 atom stereocenters. The summed E-state index contributed by atoms with van der Waals surface area (Å²) < 4.78 is 0. The smallest absolute Gasteiger partial charge is 0.218 e. The molecule has 5 heteroatoms. The highest BCUT2D eigenvalue weighted by Gasteiger charge is 2.09. The Morgan fingerprint density at radius 1 is 0.947 bits per heavy atom. The minimum Gasteiger partial charge on any atom is -0.493 e. The topological polar surface area (TPSA) is 60.7 Å². The highest BCUT2D eigenvalue weighted by Crippen LogP contribution is 2.36. The lowest BCUT2D eigenvalue weighted by Gasteiger charge is -1.95. The van der Waals surface area contributed by atoms with Gasteiger partial charge in [0.15, 0.2) is 5.69 Å². The molecule has 0 fully saturated rings. The molecule has 1 aromatic heterocycles. The summed E-state index contributed by atoms with van der Waals surface area (Å²) in [4.78, 5) is 2.85. The molecule has 94 valence electrons. The number of H-pyrrole nitrogens is 1. The molecule has 0 aliphatic heterocycles. The number of fused-ring (bicyclic) bond motifs is 1. The molecule has 3 aromatic rings. The van der Waals surface area contributed by atoms with Crippen LogP contribution in [0.2, 0.25) is 5.02 Å². The second-order valence-corrected chi connectivity index (χ2v) is 4.43. The third-order valence-electron chi connectivity index (χ3n) is 2.77. The number of nitrogens with zero attached hydrogens (tertiary/aromatic N) is 2. The predicted molar refractivity (Wildman–Crippen MR) is 75.6 cm³/mol. The molecule has 0 radical (unpaired) electrons. The van der Waals surface area contributed by atoms with Gasteiger partial charge in [-0.1, -0.05) is 41.9 Å². The second kappa shape index (κ2) is 4.74. The van der Waals surface area contributed by atoms with Gasteiger partial charge in [-0.05, 0) is 18.2 Å². The number of hydrogen-bond donors (Lipinski definition) is 2. The van der Waals surface area contributed by atoms with Crippen LogP contribution in [0.5, 0.6) is 5.88 Å². The Morgan fingerprint density at radius 3 is 2.53 bits per heavy atom. The van der Waals surface area contributed by atoms with Crippen molar-refractivity contribution in [2.75, 3.05) is 0 Å². The van der Waals surface area contributed by atoms with Crippen molar-refractivity contribution < 1.29 is 5.11 Å². The summed E-state index contributed by atoms with van der Waals surface area (Å²) in [6.45, 7) is 0. The van der Waals surface area contributed by atoms with E-state index in [0.29, 0.717) is 16.4 Å². The van der Waals surface area contributed by atoms with Gasteiger partial charge >= 0.3 is 0 Å². The van der Waals surface area contributed by atoms with Gasteiger partial charge in [0.2, 0.25) is 5.88 Å². The van der Waals surface area contributed by atoms with Crippen LogP contribution in [0, 0.1) is 0 Å². The molecule has 0 bridgehead atoms. The van der Waals surface area contributed by atoms with E-state index >= 15 is 0 Å². The Bertz CT molecular complexity index is 764. The van der Waals surface area contributed by atoms with Gasteiger partial charge in [0.1, 0.15) is 5.69 Å². The fourth-order valence-corrected chi connectivity index (χ4v) is 2.02. The maximum atomic E-state index is 9.84. The monoisotopic (exact) mass is 271 g/mol. The molecule has 0 spiro atoms. The maximum absolute atomic E-state index is 9.84. The van der Waals surface area contributed by atoms with Crippen molar-refractivity contribution in [1.82, 2.24) is 4.98 Å². The molecular formula is C14H10ClN3O. The molecule has 1 heterocycles. The van der Waals surface area contributed by atoms with Gasteiger partial charge in [-0.15, -0.1) is 10.2 Å². The number of azo groups is 1. The van der Waals surface area contributed by atoms with Crippen LogP contribution < -0.4 is 0 Å². The van der Waals surface area contributed by atoms with Gasteiger partial charge < -0.3 is 10.1 Å². The zero-order valence-corrected chi connectivity index (χ0v) is 10.6. The summed E-state index contributed by atoms with van der Waals surface area (Å²) in [7, 11) is 0. The SMILES string of the molecule is Oc1[nH]c2ccccc2c1N=Nc1ccccc1Cl. The van der Waals surface area contributed by atoms with Crippen molar-refractivity contribution in [3.63, 3.8) is 0 Å². The number of aromatic hydroxyl groups is 1. The molecule has 2 aromatic carbocycles. The number of halogens is 1. The molecule has 3 rings (SSSR count). The minimum absolute atomic E-state index is 0.00277. The number of hydrogen-bond acceptors (Lipinski definition) is 3. The van der Waals surface area contributed by atoms with E-state index in [1.807, 2.05) is 36.4 Å². The Balaban J connectivity index is 2.06. The van der Waals surface area contributed by atoms with Crippen LogP contribution in [0.15, 0.2) is 58.8 Å². The average Bonchev–Trinajstić information content (AvgIpc) is 2.74. The van der Waals surface area contributed by atoms with Crippen molar-refractivity contribution in [3.05, 3.63) is 53.6 Å².